The number of aromatic amines is 1. The van der Waals surface area contributed by atoms with Crippen LogP contribution in [0.5, 0.6) is 0 Å². The van der Waals surface area contributed by atoms with Crippen LogP contribution in [0.4, 0.5) is 17.1 Å². The number of benzene rings is 2. The molecule has 0 spiro atoms. The fourth-order valence-electron chi connectivity index (χ4n) is 3.84. The van der Waals surface area contributed by atoms with Crippen molar-refractivity contribution in [2.24, 2.45) is 5.92 Å². The van der Waals surface area contributed by atoms with E-state index in [-0.39, 0.29) is 17.5 Å². The summed E-state index contributed by atoms with van der Waals surface area (Å²) in [6, 6.07) is 11.8. The fourth-order valence-corrected chi connectivity index (χ4v) is 5.03. The molecule has 10 heteroatoms. The van der Waals surface area contributed by atoms with Crippen molar-refractivity contribution < 1.29 is 9.53 Å². The van der Waals surface area contributed by atoms with E-state index in [1.54, 1.807) is 0 Å². The SMILES string of the molecule is N=C(c1nc2ccc(N3CCOCC3)cc2[nH]1)c1cc(NC(=O)C2CC2)ccc1NPI. The van der Waals surface area contributed by atoms with E-state index in [0.717, 1.165) is 61.6 Å². The summed E-state index contributed by atoms with van der Waals surface area (Å²) in [4.78, 5) is 22.5. The average Bonchev–Trinajstić information content (AvgIpc) is 3.59. The van der Waals surface area contributed by atoms with Gasteiger partial charge in [0, 0.05) is 48.0 Å². The molecule has 1 amide bonds. The van der Waals surface area contributed by atoms with Gasteiger partial charge in [0.1, 0.15) is 5.71 Å². The molecule has 2 fully saturated rings. The third-order valence-electron chi connectivity index (χ3n) is 5.76. The van der Waals surface area contributed by atoms with Crippen LogP contribution >= 0.6 is 28.4 Å². The first-order valence-electron chi connectivity index (χ1n) is 10.6. The lowest BCUT2D eigenvalue weighted by molar-refractivity contribution is -0.117. The molecule has 32 heavy (non-hydrogen) atoms. The van der Waals surface area contributed by atoms with Gasteiger partial charge in [0.25, 0.3) is 0 Å². The van der Waals surface area contributed by atoms with Crippen molar-refractivity contribution in [1.29, 1.82) is 5.41 Å². The quantitative estimate of drug-likeness (QED) is 0.193. The number of morpholine rings is 1. The molecule has 3 aromatic rings. The Hall–Kier alpha value is -2.23. The number of carbonyl (C=O) groups is 1. The molecule has 8 nitrogen and oxygen atoms in total. The first kappa shape index (κ1) is 21.6. The lowest BCUT2D eigenvalue weighted by Crippen LogP contribution is -2.36. The molecule has 1 aromatic heterocycles. The van der Waals surface area contributed by atoms with Crippen LogP contribution in [-0.2, 0) is 9.53 Å². The third kappa shape index (κ3) is 4.60. The van der Waals surface area contributed by atoms with Crippen LogP contribution in [0.3, 0.4) is 0 Å². The van der Waals surface area contributed by atoms with Gasteiger partial charge in [-0.15, -0.1) is 0 Å². The summed E-state index contributed by atoms with van der Waals surface area (Å²) < 4.78 is 5.45. The summed E-state index contributed by atoms with van der Waals surface area (Å²) in [6.45, 7) is 3.21. The van der Waals surface area contributed by atoms with Crippen molar-refractivity contribution in [2.75, 3.05) is 41.6 Å². The second-order valence-corrected chi connectivity index (χ2v) is 10.1. The number of amides is 1. The van der Waals surface area contributed by atoms with Gasteiger partial charge in [-0.05, 0) is 71.3 Å². The molecule has 1 aliphatic heterocycles. The van der Waals surface area contributed by atoms with E-state index < -0.39 is 0 Å². The van der Waals surface area contributed by atoms with Gasteiger partial charge in [0.15, 0.2) is 5.82 Å². The van der Waals surface area contributed by atoms with Crippen LogP contribution in [0.15, 0.2) is 36.4 Å². The Morgan fingerprint density at radius 2 is 2.03 bits per heavy atom. The lowest BCUT2D eigenvalue weighted by atomic mass is 10.1. The van der Waals surface area contributed by atoms with E-state index in [1.165, 1.54) is 0 Å². The van der Waals surface area contributed by atoms with Crippen molar-refractivity contribution >= 4 is 68.1 Å². The number of imidazole rings is 1. The number of hydrogen-bond donors (Lipinski definition) is 4. The number of H-pyrrole nitrogens is 1. The van der Waals surface area contributed by atoms with Crippen LogP contribution in [0, 0.1) is 11.3 Å². The Bertz CT molecular complexity index is 1170. The number of rotatable bonds is 7. The second kappa shape index (κ2) is 9.33. The van der Waals surface area contributed by atoms with Gasteiger partial charge in [0.2, 0.25) is 5.91 Å². The zero-order chi connectivity index (χ0) is 22.1. The highest BCUT2D eigenvalue weighted by Gasteiger charge is 2.29. The van der Waals surface area contributed by atoms with Crippen LogP contribution < -0.4 is 15.3 Å². The van der Waals surface area contributed by atoms with Crippen LogP contribution in [0.2, 0.25) is 0 Å². The maximum atomic E-state index is 12.2. The van der Waals surface area contributed by atoms with Crippen molar-refractivity contribution in [2.45, 2.75) is 12.8 Å². The number of halogens is 1. The Kier molecular flexibility index (Phi) is 6.30. The maximum Gasteiger partial charge on any atom is 0.227 e. The fraction of sp³-hybridized carbons (Fsp3) is 0.318. The lowest BCUT2D eigenvalue weighted by Gasteiger charge is -2.28. The molecule has 1 saturated heterocycles. The number of carbonyl (C=O) groups excluding carboxylic acids is 1. The molecule has 1 atom stereocenters. The first-order valence-corrected chi connectivity index (χ1v) is 14.7. The van der Waals surface area contributed by atoms with Crippen LogP contribution in [0.25, 0.3) is 11.0 Å². The van der Waals surface area contributed by atoms with Gasteiger partial charge < -0.3 is 25.0 Å². The average molecular weight is 562 g/mol. The molecule has 2 heterocycles. The van der Waals surface area contributed by atoms with Gasteiger partial charge in [0.05, 0.1) is 24.2 Å². The van der Waals surface area contributed by atoms with Gasteiger partial charge in [-0.1, -0.05) is 0 Å². The molecule has 1 saturated carbocycles. The van der Waals surface area contributed by atoms with Crippen molar-refractivity contribution in [1.82, 2.24) is 9.97 Å². The number of fused-ring (bicyclic) bond motifs is 1. The summed E-state index contributed by atoms with van der Waals surface area (Å²) in [7, 11) is 0. The van der Waals surface area contributed by atoms with E-state index in [9.17, 15) is 4.79 Å². The maximum absolute atomic E-state index is 12.2. The molecule has 5 rings (SSSR count). The summed E-state index contributed by atoms with van der Waals surface area (Å²) in [6.07, 6.45) is 2.37. The first-order chi connectivity index (χ1) is 15.6. The zero-order valence-electron chi connectivity index (χ0n) is 17.4. The Balaban J connectivity index is 1.44. The van der Waals surface area contributed by atoms with Crippen molar-refractivity contribution in [3.05, 3.63) is 47.8 Å². The predicted octanol–water partition coefficient (Wildman–Crippen LogP) is 4.52. The molecule has 2 aromatic carbocycles. The van der Waals surface area contributed by atoms with Gasteiger partial charge in [-0.2, -0.15) is 0 Å². The topological polar surface area (TPSA) is 106 Å². The monoisotopic (exact) mass is 562 g/mol. The highest BCUT2D eigenvalue weighted by atomic mass is 127. The molecule has 1 aliphatic carbocycles. The van der Waals surface area contributed by atoms with Crippen LogP contribution in [-0.4, -0.2) is 47.9 Å². The van der Waals surface area contributed by atoms with Crippen molar-refractivity contribution in [3.8, 4) is 0 Å². The zero-order valence-corrected chi connectivity index (χ0v) is 20.5. The Labute approximate surface area is 200 Å². The van der Waals surface area contributed by atoms with Gasteiger partial charge >= 0.3 is 0 Å². The minimum Gasteiger partial charge on any atom is -0.378 e. The van der Waals surface area contributed by atoms with Gasteiger partial charge in [-0.25, -0.2) is 4.98 Å². The number of aromatic nitrogens is 2. The van der Waals surface area contributed by atoms with E-state index in [4.69, 9.17) is 10.1 Å². The minimum atomic E-state index is 0.0540. The molecule has 1 unspecified atom stereocenters. The van der Waals surface area contributed by atoms with E-state index >= 15 is 0 Å². The predicted molar refractivity (Wildman–Crippen MR) is 139 cm³/mol. The summed E-state index contributed by atoms with van der Waals surface area (Å²) in [5.74, 6) is 0.686. The van der Waals surface area contributed by atoms with Gasteiger partial charge in [-0.3, -0.25) is 10.2 Å². The Morgan fingerprint density at radius 3 is 2.78 bits per heavy atom. The summed E-state index contributed by atoms with van der Waals surface area (Å²) in [5, 5.41) is 15.2. The number of nitrogens with one attached hydrogen (secondary N) is 4. The second-order valence-electron chi connectivity index (χ2n) is 8.00. The molecule has 0 bridgehead atoms. The molecular weight excluding hydrogens is 538 g/mol. The number of ether oxygens (including phenoxy) is 1. The standard InChI is InChI=1S/C22H24IN6O2P/c23-32-28-17-5-3-14(25-22(30)13-1-2-13)11-16(17)20(24)21-26-18-6-4-15(12-19(18)27-21)29-7-9-31-10-8-29/h3-6,11-13,24,28,32H,1-2,7-10H2,(H,25,30)(H,26,27). The van der Waals surface area contributed by atoms with E-state index in [0.29, 0.717) is 23.4 Å². The Morgan fingerprint density at radius 1 is 1.22 bits per heavy atom. The number of hydrogen-bond acceptors (Lipinski definition) is 6. The minimum absolute atomic E-state index is 0.0540. The molecule has 166 valence electrons. The number of nitrogens with zero attached hydrogens (tertiary/aromatic N) is 2. The summed E-state index contributed by atoms with van der Waals surface area (Å²) in [5.41, 5.74) is 5.39. The summed E-state index contributed by atoms with van der Waals surface area (Å²) >= 11 is 2.27. The van der Waals surface area contributed by atoms with E-state index in [2.05, 4.69) is 59.4 Å². The number of anilines is 3. The largest absolute Gasteiger partial charge is 0.378 e. The normalized spacial score (nSPS) is 16.6. The van der Waals surface area contributed by atoms with E-state index in [1.807, 2.05) is 24.3 Å². The molecular formula is C22H24IN6O2P. The highest BCUT2D eigenvalue weighted by Crippen LogP contribution is 2.33. The van der Waals surface area contributed by atoms with Crippen LogP contribution in [0.1, 0.15) is 24.2 Å². The molecule has 2 aliphatic rings. The highest BCUT2D eigenvalue weighted by molar-refractivity contribution is 14.2. The van der Waals surface area contributed by atoms with Crippen molar-refractivity contribution in [3.63, 3.8) is 0 Å². The molecule has 4 N–H and O–H groups in total. The smallest absolute Gasteiger partial charge is 0.227 e. The molecule has 0 radical (unpaired) electrons. The third-order valence-corrected chi connectivity index (χ3v) is 6.94.